The quantitative estimate of drug-likeness (QED) is 0.698. The van der Waals surface area contributed by atoms with Gasteiger partial charge in [-0.05, 0) is 49.5 Å². The lowest BCUT2D eigenvalue weighted by molar-refractivity contribution is -0.165. The van der Waals surface area contributed by atoms with Crippen LogP contribution in [0.5, 0.6) is 5.75 Å². The van der Waals surface area contributed by atoms with Crippen molar-refractivity contribution in [1.29, 1.82) is 0 Å². The third-order valence-corrected chi connectivity index (χ3v) is 8.05. The normalized spacial score (nSPS) is 31.4. The Labute approximate surface area is 202 Å². The molecule has 1 aromatic heterocycles. The number of carbonyl (C=O) groups excluding carboxylic acids is 2. The molecule has 7 rings (SSSR count). The molecule has 2 aromatic rings. The van der Waals surface area contributed by atoms with Crippen molar-refractivity contribution in [2.45, 2.75) is 62.3 Å². The first-order chi connectivity index (χ1) is 16.3. The lowest BCUT2D eigenvalue weighted by Crippen LogP contribution is -2.79. The first-order valence-corrected chi connectivity index (χ1v) is 12.1. The molecule has 2 aliphatic heterocycles. The molecule has 9 heteroatoms. The average molecular weight is 483 g/mol. The second-order valence-electron chi connectivity index (χ2n) is 10.2. The molecule has 178 valence electrons. The van der Waals surface area contributed by atoms with Crippen molar-refractivity contribution in [3.05, 3.63) is 52.8 Å². The van der Waals surface area contributed by atoms with E-state index in [0.29, 0.717) is 22.9 Å². The van der Waals surface area contributed by atoms with Gasteiger partial charge < -0.3 is 20.1 Å². The van der Waals surface area contributed by atoms with Crippen molar-refractivity contribution in [2.75, 3.05) is 13.1 Å². The summed E-state index contributed by atoms with van der Waals surface area (Å²) in [7, 11) is 0. The molecule has 8 nitrogen and oxygen atoms in total. The summed E-state index contributed by atoms with van der Waals surface area (Å²) < 4.78 is 7.93. The number of carbonyl (C=O) groups is 2. The van der Waals surface area contributed by atoms with Gasteiger partial charge in [0.2, 0.25) is 5.91 Å². The molecule has 5 aliphatic rings. The van der Waals surface area contributed by atoms with E-state index >= 15 is 0 Å². The van der Waals surface area contributed by atoms with E-state index in [0.717, 1.165) is 37.8 Å². The minimum Gasteiger partial charge on any atom is -0.480 e. The highest BCUT2D eigenvalue weighted by molar-refractivity contribution is 6.30. The van der Waals surface area contributed by atoms with Crippen LogP contribution in [0.4, 0.5) is 0 Å². The molecule has 0 spiro atoms. The highest BCUT2D eigenvalue weighted by atomic mass is 35.5. The minimum atomic E-state index is -0.781. The molecule has 2 bridgehead atoms. The zero-order chi connectivity index (χ0) is 23.7. The number of hydrogen-bond donors (Lipinski definition) is 2. The maximum atomic E-state index is 12.9. The lowest BCUT2D eigenvalue weighted by Gasteiger charge is -2.70. The number of nitrogens with zero attached hydrogens (tertiary/aromatic N) is 3. The summed E-state index contributed by atoms with van der Waals surface area (Å²) in [6, 6.07) is 5.08. The van der Waals surface area contributed by atoms with Crippen molar-refractivity contribution in [3.8, 4) is 5.75 Å². The van der Waals surface area contributed by atoms with Crippen LogP contribution in [0, 0.1) is 0 Å². The fourth-order valence-electron chi connectivity index (χ4n) is 6.00. The van der Waals surface area contributed by atoms with Gasteiger partial charge in [0.15, 0.2) is 6.10 Å². The number of amides is 2. The minimum absolute atomic E-state index is 0.0392. The Morgan fingerprint density at radius 3 is 2.79 bits per heavy atom. The van der Waals surface area contributed by atoms with E-state index < -0.39 is 12.2 Å². The standard InChI is InChI=1S/C25H27ClN4O4/c1-15(31)29-6-4-16(5-7-29)17-10-27-30(11-17)25-12-24(13-25,14-25)28-23(33)22-9-20(32)19-8-18(26)2-3-21(19)34-22/h2-4,8,10-11,20,22,32H,5-7,9,12-14H2,1H3,(H,28,33)/t20-,22-,24?,25?/m1/s1. The van der Waals surface area contributed by atoms with Crippen LogP contribution in [0.3, 0.4) is 0 Å². The lowest BCUT2D eigenvalue weighted by atomic mass is 9.44. The highest BCUT2D eigenvalue weighted by Gasteiger charge is 2.70. The van der Waals surface area contributed by atoms with Gasteiger partial charge >= 0.3 is 0 Å². The number of ether oxygens (including phenoxy) is 1. The van der Waals surface area contributed by atoms with Crippen molar-refractivity contribution in [3.63, 3.8) is 0 Å². The zero-order valence-electron chi connectivity index (χ0n) is 19.0. The van der Waals surface area contributed by atoms with Gasteiger partial charge in [0.05, 0.1) is 17.8 Å². The first kappa shape index (κ1) is 21.7. The van der Waals surface area contributed by atoms with Crippen molar-refractivity contribution in [2.24, 2.45) is 0 Å². The van der Waals surface area contributed by atoms with Gasteiger partial charge in [0, 0.05) is 54.3 Å². The Kier molecular flexibility index (Phi) is 4.83. The molecule has 1 aromatic carbocycles. The number of nitrogens with one attached hydrogen (secondary N) is 1. The first-order valence-electron chi connectivity index (χ1n) is 11.7. The zero-order valence-corrected chi connectivity index (χ0v) is 19.7. The number of halogens is 1. The summed E-state index contributed by atoms with van der Waals surface area (Å²) in [5.41, 5.74) is 2.70. The van der Waals surface area contributed by atoms with Gasteiger partial charge in [-0.2, -0.15) is 5.10 Å². The third-order valence-electron chi connectivity index (χ3n) is 7.81. The summed E-state index contributed by atoms with van der Waals surface area (Å²) in [5.74, 6) is 0.426. The van der Waals surface area contributed by atoms with Gasteiger partial charge in [-0.15, -0.1) is 0 Å². The van der Waals surface area contributed by atoms with Crippen molar-refractivity contribution >= 4 is 29.0 Å². The summed E-state index contributed by atoms with van der Waals surface area (Å²) in [6.07, 6.45) is 8.17. The molecule has 34 heavy (non-hydrogen) atoms. The molecule has 0 unspecified atom stereocenters. The number of fused-ring (bicyclic) bond motifs is 1. The molecule has 3 fully saturated rings. The predicted octanol–water partition coefficient (Wildman–Crippen LogP) is 2.80. The molecule has 0 saturated heterocycles. The molecular weight excluding hydrogens is 456 g/mol. The van der Waals surface area contributed by atoms with Crippen molar-refractivity contribution in [1.82, 2.24) is 20.0 Å². The van der Waals surface area contributed by atoms with Crippen molar-refractivity contribution < 1.29 is 19.4 Å². The second kappa shape index (κ2) is 7.58. The molecular formula is C25H27ClN4O4. The fraction of sp³-hybridized carbons (Fsp3) is 0.480. The molecule has 0 radical (unpaired) electrons. The van der Waals surface area contributed by atoms with E-state index in [1.807, 2.05) is 11.1 Å². The molecule has 2 atom stereocenters. The number of hydrogen-bond acceptors (Lipinski definition) is 5. The van der Waals surface area contributed by atoms with Crippen LogP contribution in [0.1, 0.15) is 56.3 Å². The van der Waals surface area contributed by atoms with E-state index in [2.05, 4.69) is 27.4 Å². The molecule has 3 heterocycles. The Balaban J connectivity index is 1.07. The maximum Gasteiger partial charge on any atom is 0.261 e. The summed E-state index contributed by atoms with van der Waals surface area (Å²) in [5, 5.41) is 18.8. The Hall–Kier alpha value is -2.84. The highest BCUT2D eigenvalue weighted by Crippen LogP contribution is 2.65. The number of aromatic nitrogens is 2. The molecule has 2 N–H and O–H groups in total. The van der Waals surface area contributed by atoms with E-state index in [-0.39, 0.29) is 29.3 Å². The van der Waals surface area contributed by atoms with Crippen LogP contribution in [-0.4, -0.2) is 56.3 Å². The largest absolute Gasteiger partial charge is 0.480 e. The predicted molar refractivity (Wildman–Crippen MR) is 125 cm³/mol. The van der Waals surface area contributed by atoms with E-state index in [9.17, 15) is 14.7 Å². The Bertz CT molecular complexity index is 1200. The van der Waals surface area contributed by atoms with Gasteiger partial charge in [0.25, 0.3) is 5.91 Å². The van der Waals surface area contributed by atoms with Crippen LogP contribution < -0.4 is 10.1 Å². The summed E-state index contributed by atoms with van der Waals surface area (Å²) >= 11 is 6.02. The van der Waals surface area contributed by atoms with Crippen LogP contribution in [0.25, 0.3) is 5.57 Å². The SMILES string of the molecule is CC(=O)N1CC=C(c2cnn(C34CC(NC(=O)[C@H]5C[C@@H](O)c6cc(Cl)ccc6O5)(C3)C4)c2)CC1. The molecule has 3 aliphatic carbocycles. The third kappa shape index (κ3) is 3.43. The second-order valence-corrected chi connectivity index (χ2v) is 10.6. The van der Waals surface area contributed by atoms with Crippen LogP contribution in [0.2, 0.25) is 5.02 Å². The molecule has 3 saturated carbocycles. The average Bonchev–Trinajstić information content (AvgIpc) is 3.25. The van der Waals surface area contributed by atoms with Gasteiger partial charge in [-0.1, -0.05) is 17.7 Å². The van der Waals surface area contributed by atoms with Gasteiger partial charge in [-0.3, -0.25) is 14.3 Å². The topological polar surface area (TPSA) is 96.7 Å². The monoisotopic (exact) mass is 482 g/mol. The van der Waals surface area contributed by atoms with Gasteiger partial charge in [-0.25, -0.2) is 0 Å². The van der Waals surface area contributed by atoms with E-state index in [4.69, 9.17) is 16.3 Å². The van der Waals surface area contributed by atoms with Crippen LogP contribution in [0.15, 0.2) is 36.7 Å². The van der Waals surface area contributed by atoms with Crippen LogP contribution in [-0.2, 0) is 15.1 Å². The number of rotatable bonds is 4. The van der Waals surface area contributed by atoms with Crippen LogP contribution >= 0.6 is 11.6 Å². The maximum absolute atomic E-state index is 12.9. The summed E-state index contributed by atoms with van der Waals surface area (Å²) in [6.45, 7) is 2.99. The smallest absolute Gasteiger partial charge is 0.261 e. The van der Waals surface area contributed by atoms with E-state index in [1.165, 1.54) is 5.57 Å². The molecule has 2 amide bonds. The number of benzene rings is 1. The number of aliphatic hydroxyl groups is 1. The Morgan fingerprint density at radius 2 is 2.09 bits per heavy atom. The summed E-state index contributed by atoms with van der Waals surface area (Å²) in [4.78, 5) is 26.3. The van der Waals surface area contributed by atoms with Gasteiger partial charge in [0.1, 0.15) is 5.75 Å². The van der Waals surface area contributed by atoms with E-state index in [1.54, 1.807) is 25.1 Å². The fourth-order valence-corrected chi connectivity index (χ4v) is 6.18. The Morgan fingerprint density at radius 1 is 1.29 bits per heavy atom. The number of aliphatic hydroxyl groups excluding tert-OH is 1.